The topological polar surface area (TPSA) is 147 Å². The molecule has 4 aromatic rings. The largest absolute Gasteiger partial charge is 0.463 e. The van der Waals surface area contributed by atoms with E-state index in [1.54, 1.807) is 32.1 Å². The number of ether oxygens (including phenoxy) is 1. The first-order valence-electron chi connectivity index (χ1n) is 12.7. The molecule has 220 valence electrons. The van der Waals surface area contributed by atoms with Gasteiger partial charge in [-0.1, -0.05) is 35.6 Å². The second-order valence-corrected chi connectivity index (χ2v) is 11.8. The van der Waals surface area contributed by atoms with Gasteiger partial charge < -0.3 is 8.92 Å². The zero-order chi connectivity index (χ0) is 30.9. The predicted molar refractivity (Wildman–Crippen MR) is 154 cm³/mol. The van der Waals surface area contributed by atoms with E-state index in [0.29, 0.717) is 21.6 Å². The smallest absolute Gasteiger partial charge is 0.339 e. The van der Waals surface area contributed by atoms with Crippen molar-refractivity contribution in [1.29, 1.82) is 0 Å². The molecule has 0 amide bonds. The van der Waals surface area contributed by atoms with E-state index in [1.165, 1.54) is 41.0 Å². The number of fused-ring (bicyclic) bond motifs is 1. The lowest BCUT2D eigenvalue weighted by atomic mass is 9.96. The molecule has 0 saturated carbocycles. The number of hydrogen-bond acceptors (Lipinski definition) is 10. The normalized spacial score (nSPS) is 15.0. The van der Waals surface area contributed by atoms with Gasteiger partial charge in [0.2, 0.25) is 0 Å². The highest BCUT2D eigenvalue weighted by atomic mass is 32.2. The van der Waals surface area contributed by atoms with Crippen LogP contribution in [0.15, 0.2) is 98.7 Å². The molecule has 14 heteroatoms. The van der Waals surface area contributed by atoms with Crippen molar-refractivity contribution < 1.29 is 31.4 Å². The highest BCUT2D eigenvalue weighted by Crippen LogP contribution is 2.31. The first-order valence-corrected chi connectivity index (χ1v) is 14.9. The van der Waals surface area contributed by atoms with E-state index in [4.69, 9.17) is 8.92 Å². The van der Waals surface area contributed by atoms with Crippen molar-refractivity contribution in [2.24, 2.45) is 4.99 Å². The number of nitro benzene ring substituents is 1. The average molecular weight is 624 g/mol. The van der Waals surface area contributed by atoms with Gasteiger partial charge in [-0.25, -0.2) is 14.2 Å². The van der Waals surface area contributed by atoms with Crippen LogP contribution < -0.4 is 19.1 Å². The van der Waals surface area contributed by atoms with Crippen LogP contribution in [0.25, 0.3) is 6.08 Å². The molecule has 0 aliphatic carbocycles. The van der Waals surface area contributed by atoms with E-state index < -0.39 is 38.4 Å². The monoisotopic (exact) mass is 623 g/mol. The van der Waals surface area contributed by atoms with Crippen molar-refractivity contribution in [3.05, 3.63) is 131 Å². The van der Waals surface area contributed by atoms with Crippen molar-refractivity contribution in [1.82, 2.24) is 4.57 Å². The van der Waals surface area contributed by atoms with Crippen LogP contribution in [0.2, 0.25) is 0 Å². The van der Waals surface area contributed by atoms with Crippen LogP contribution in [-0.4, -0.2) is 30.5 Å². The van der Waals surface area contributed by atoms with Gasteiger partial charge in [0, 0.05) is 12.1 Å². The van der Waals surface area contributed by atoms with Gasteiger partial charge in [0.05, 0.1) is 33.4 Å². The van der Waals surface area contributed by atoms with Crippen molar-refractivity contribution in [2.45, 2.75) is 24.8 Å². The number of carbonyl (C=O) groups is 1. The van der Waals surface area contributed by atoms with Crippen LogP contribution in [0.3, 0.4) is 0 Å². The van der Waals surface area contributed by atoms with Crippen molar-refractivity contribution >= 4 is 39.2 Å². The minimum Gasteiger partial charge on any atom is -0.463 e. The standard InChI is InChI=1S/C29H22FN3O8S2/c1-3-40-28(35)25-17(2)31-29-32(26(25)19-6-8-20(30)9-7-19)27(34)24(42-29)16-18-4-12-22(13-5-18)41-43(38,39)23-14-10-21(11-15-23)33(36)37/h4-16,26H,3H2,1-2H3/b24-16-/t26-/m1/s1. The minimum absolute atomic E-state index is 0.0111. The molecule has 2 heterocycles. The highest BCUT2D eigenvalue weighted by molar-refractivity contribution is 7.87. The van der Waals surface area contributed by atoms with Gasteiger partial charge in [-0.3, -0.25) is 19.5 Å². The molecule has 3 aromatic carbocycles. The maximum absolute atomic E-state index is 13.7. The molecule has 0 radical (unpaired) electrons. The third kappa shape index (κ3) is 6.01. The van der Waals surface area contributed by atoms with Crippen LogP contribution >= 0.6 is 11.3 Å². The van der Waals surface area contributed by atoms with E-state index in [0.717, 1.165) is 35.6 Å². The van der Waals surface area contributed by atoms with E-state index >= 15 is 0 Å². The molecule has 5 rings (SSSR count). The minimum atomic E-state index is -4.26. The van der Waals surface area contributed by atoms with E-state index in [-0.39, 0.29) is 33.0 Å². The Morgan fingerprint density at radius 3 is 2.35 bits per heavy atom. The van der Waals surface area contributed by atoms with Gasteiger partial charge in [-0.15, -0.1) is 0 Å². The number of nitro groups is 1. The molecule has 1 aliphatic heterocycles. The quantitative estimate of drug-likeness (QED) is 0.125. The number of thiazole rings is 1. The molecule has 0 N–H and O–H groups in total. The fraction of sp³-hybridized carbons (Fsp3) is 0.138. The summed E-state index contributed by atoms with van der Waals surface area (Å²) in [6, 6.07) is 14.8. The van der Waals surface area contributed by atoms with E-state index in [1.807, 2.05) is 0 Å². The summed E-state index contributed by atoms with van der Waals surface area (Å²) in [5.41, 5.74) is 0.893. The highest BCUT2D eigenvalue weighted by Gasteiger charge is 2.33. The molecule has 1 aliphatic rings. The van der Waals surface area contributed by atoms with Gasteiger partial charge in [-0.2, -0.15) is 8.42 Å². The zero-order valence-corrected chi connectivity index (χ0v) is 24.2. The Hall–Kier alpha value is -4.95. The Morgan fingerprint density at radius 2 is 1.74 bits per heavy atom. The van der Waals surface area contributed by atoms with Gasteiger partial charge in [0.15, 0.2) is 4.80 Å². The van der Waals surface area contributed by atoms with Gasteiger partial charge in [0.25, 0.3) is 11.2 Å². The summed E-state index contributed by atoms with van der Waals surface area (Å²) >= 11 is 1.10. The molecule has 43 heavy (non-hydrogen) atoms. The molecule has 0 unspecified atom stereocenters. The number of rotatable bonds is 8. The zero-order valence-electron chi connectivity index (χ0n) is 22.6. The Kier molecular flexibility index (Phi) is 8.06. The molecule has 0 fully saturated rings. The number of allylic oxidation sites excluding steroid dienone is 1. The molecule has 0 bridgehead atoms. The lowest BCUT2D eigenvalue weighted by molar-refractivity contribution is -0.384. The van der Waals surface area contributed by atoms with Crippen LogP contribution in [0, 0.1) is 15.9 Å². The SMILES string of the molecule is CCOC(=O)C1=C(C)N=c2s/c(=C\c3ccc(OS(=O)(=O)c4ccc([N+](=O)[O-])cc4)cc3)c(=O)n2[C@@H]1c1ccc(F)cc1. The Balaban J connectivity index is 1.48. The van der Waals surface area contributed by atoms with E-state index in [9.17, 15) is 32.5 Å². The summed E-state index contributed by atoms with van der Waals surface area (Å²) in [6.07, 6.45) is 1.59. The second-order valence-electron chi connectivity index (χ2n) is 9.21. The summed E-state index contributed by atoms with van der Waals surface area (Å²) in [5, 5.41) is 10.8. The molecule has 1 aromatic heterocycles. The summed E-state index contributed by atoms with van der Waals surface area (Å²) < 4.78 is 51.0. The number of nitrogens with zero attached hydrogens (tertiary/aromatic N) is 3. The molecule has 0 spiro atoms. The van der Waals surface area contributed by atoms with Crippen molar-refractivity contribution in [2.75, 3.05) is 6.61 Å². The predicted octanol–water partition coefficient (Wildman–Crippen LogP) is 3.61. The van der Waals surface area contributed by atoms with Crippen molar-refractivity contribution in [3.8, 4) is 5.75 Å². The van der Waals surface area contributed by atoms with Gasteiger partial charge in [0.1, 0.15) is 16.5 Å². The maximum atomic E-state index is 13.7. The number of non-ortho nitro benzene ring substituents is 1. The fourth-order valence-corrected chi connectivity index (χ4v) is 6.41. The number of aromatic nitrogens is 1. The van der Waals surface area contributed by atoms with E-state index in [2.05, 4.69) is 4.99 Å². The van der Waals surface area contributed by atoms with Crippen LogP contribution in [0.1, 0.15) is 31.0 Å². The Bertz CT molecular complexity index is 2050. The summed E-state index contributed by atoms with van der Waals surface area (Å²) in [6.45, 7) is 3.42. The third-order valence-electron chi connectivity index (χ3n) is 6.42. The first-order chi connectivity index (χ1) is 20.5. The fourth-order valence-electron chi connectivity index (χ4n) is 4.43. The van der Waals surface area contributed by atoms with Crippen LogP contribution in [-0.2, 0) is 19.6 Å². The number of benzene rings is 3. The van der Waals surface area contributed by atoms with Gasteiger partial charge in [-0.05, 0) is 67.4 Å². The van der Waals surface area contributed by atoms with Gasteiger partial charge >= 0.3 is 16.1 Å². The van der Waals surface area contributed by atoms with Crippen molar-refractivity contribution in [3.63, 3.8) is 0 Å². The second kappa shape index (κ2) is 11.7. The summed E-state index contributed by atoms with van der Waals surface area (Å²) in [5.74, 6) is -1.11. The number of hydrogen-bond donors (Lipinski definition) is 0. The Morgan fingerprint density at radius 1 is 1.09 bits per heavy atom. The maximum Gasteiger partial charge on any atom is 0.339 e. The summed E-state index contributed by atoms with van der Waals surface area (Å²) in [4.78, 5) is 41.4. The molecular formula is C29H22FN3O8S2. The number of carbonyl (C=O) groups excluding carboxylic acids is 1. The Labute approximate surface area is 247 Å². The van der Waals surface area contributed by atoms with Crippen LogP contribution in [0.5, 0.6) is 5.75 Å². The summed E-state index contributed by atoms with van der Waals surface area (Å²) in [7, 11) is -4.26. The molecule has 1 atom stereocenters. The lowest BCUT2D eigenvalue weighted by Crippen LogP contribution is -2.39. The molecular weight excluding hydrogens is 601 g/mol. The lowest BCUT2D eigenvalue weighted by Gasteiger charge is -2.24. The first kappa shape index (κ1) is 29.5. The average Bonchev–Trinajstić information content (AvgIpc) is 3.27. The molecule has 0 saturated heterocycles. The third-order valence-corrected chi connectivity index (χ3v) is 8.67. The number of esters is 1. The molecule has 11 nitrogen and oxygen atoms in total. The number of halogens is 1. The van der Waals surface area contributed by atoms with Crippen LogP contribution in [0.4, 0.5) is 10.1 Å².